The van der Waals surface area contributed by atoms with Gasteiger partial charge in [-0.3, -0.25) is 9.48 Å². The Morgan fingerprint density at radius 3 is 2.82 bits per heavy atom. The average molecular weight is 248 g/mol. The molecule has 0 aliphatic carbocycles. The predicted octanol–water partition coefficient (Wildman–Crippen LogP) is 3.70. The van der Waals surface area contributed by atoms with Gasteiger partial charge in [0.1, 0.15) is 5.69 Å². The minimum atomic E-state index is 0.323. The lowest BCUT2D eigenvalue weighted by Crippen LogP contribution is -2.03. The molecule has 0 spiro atoms. The molecule has 2 aromatic heterocycles. The first-order valence-electron chi connectivity index (χ1n) is 5.76. The van der Waals surface area contributed by atoms with Crippen molar-refractivity contribution in [1.82, 2.24) is 9.78 Å². The summed E-state index contributed by atoms with van der Waals surface area (Å²) >= 11 is 1.67. The fraction of sp³-hybridized carbons (Fsp3) is 0.385. The van der Waals surface area contributed by atoms with Gasteiger partial charge in [-0.2, -0.15) is 5.10 Å². The molecule has 0 aromatic carbocycles. The average Bonchev–Trinajstić information content (AvgIpc) is 2.93. The minimum absolute atomic E-state index is 0.323. The van der Waals surface area contributed by atoms with Gasteiger partial charge in [0.05, 0.1) is 10.4 Å². The quantitative estimate of drug-likeness (QED) is 0.773. The van der Waals surface area contributed by atoms with Crippen molar-refractivity contribution in [2.24, 2.45) is 0 Å². The molecule has 1 atom stereocenters. The van der Waals surface area contributed by atoms with E-state index in [-0.39, 0.29) is 0 Å². The smallest absolute Gasteiger partial charge is 0.153 e. The third-order valence-corrected chi connectivity index (χ3v) is 3.91. The Bertz CT molecular complexity index is 527. The molecule has 0 saturated carbocycles. The molecule has 4 heteroatoms. The highest BCUT2D eigenvalue weighted by molar-refractivity contribution is 7.15. The van der Waals surface area contributed by atoms with E-state index in [1.165, 1.54) is 4.88 Å². The van der Waals surface area contributed by atoms with Crippen LogP contribution in [-0.4, -0.2) is 16.1 Å². The number of rotatable bonds is 4. The van der Waals surface area contributed by atoms with Crippen LogP contribution >= 0.6 is 11.3 Å². The van der Waals surface area contributed by atoms with E-state index in [1.54, 1.807) is 11.3 Å². The first kappa shape index (κ1) is 12.0. The number of aromatic nitrogens is 2. The van der Waals surface area contributed by atoms with Crippen LogP contribution in [0.25, 0.3) is 10.6 Å². The van der Waals surface area contributed by atoms with Crippen LogP contribution in [0.4, 0.5) is 0 Å². The van der Waals surface area contributed by atoms with Gasteiger partial charge in [0, 0.05) is 17.1 Å². The molecule has 1 unspecified atom stereocenters. The van der Waals surface area contributed by atoms with E-state index in [4.69, 9.17) is 0 Å². The van der Waals surface area contributed by atoms with E-state index >= 15 is 0 Å². The van der Waals surface area contributed by atoms with Crippen LogP contribution < -0.4 is 0 Å². The molecule has 0 saturated heterocycles. The summed E-state index contributed by atoms with van der Waals surface area (Å²) in [5, 5.41) is 4.53. The van der Waals surface area contributed by atoms with Gasteiger partial charge in [0.15, 0.2) is 6.29 Å². The van der Waals surface area contributed by atoms with Crippen LogP contribution in [0.5, 0.6) is 0 Å². The lowest BCUT2D eigenvalue weighted by Gasteiger charge is -2.07. The van der Waals surface area contributed by atoms with Gasteiger partial charge in [0.2, 0.25) is 0 Å². The largest absolute Gasteiger partial charge is 0.298 e. The summed E-state index contributed by atoms with van der Waals surface area (Å²) in [7, 11) is 0. The SMILES string of the molecule is CCC(C)n1cc(C=O)c(-c2ccc(C)s2)n1. The van der Waals surface area contributed by atoms with Gasteiger partial charge < -0.3 is 0 Å². The molecule has 0 fully saturated rings. The van der Waals surface area contributed by atoms with E-state index in [0.717, 1.165) is 23.3 Å². The fourth-order valence-corrected chi connectivity index (χ4v) is 2.53. The molecule has 0 amide bonds. The Balaban J connectivity index is 2.46. The second kappa shape index (κ2) is 4.84. The summed E-state index contributed by atoms with van der Waals surface area (Å²) in [4.78, 5) is 13.4. The molecule has 0 radical (unpaired) electrons. The second-order valence-corrected chi connectivity index (χ2v) is 5.49. The van der Waals surface area contributed by atoms with E-state index < -0.39 is 0 Å². The second-order valence-electron chi connectivity index (χ2n) is 4.20. The third kappa shape index (κ3) is 2.31. The first-order valence-corrected chi connectivity index (χ1v) is 6.58. The van der Waals surface area contributed by atoms with E-state index in [9.17, 15) is 4.79 Å². The summed E-state index contributed by atoms with van der Waals surface area (Å²) in [6, 6.07) is 4.40. The zero-order valence-electron chi connectivity index (χ0n) is 10.3. The molecule has 2 aromatic rings. The van der Waals surface area contributed by atoms with Gasteiger partial charge in [-0.1, -0.05) is 6.92 Å². The van der Waals surface area contributed by atoms with Crippen molar-refractivity contribution in [2.45, 2.75) is 33.2 Å². The van der Waals surface area contributed by atoms with Crippen molar-refractivity contribution < 1.29 is 4.79 Å². The molecular weight excluding hydrogens is 232 g/mol. The number of hydrogen-bond acceptors (Lipinski definition) is 3. The van der Waals surface area contributed by atoms with Crippen molar-refractivity contribution in [1.29, 1.82) is 0 Å². The molecule has 0 bridgehead atoms. The van der Waals surface area contributed by atoms with Crippen LogP contribution in [0, 0.1) is 6.92 Å². The van der Waals surface area contributed by atoms with Crippen molar-refractivity contribution in [3.05, 3.63) is 28.8 Å². The van der Waals surface area contributed by atoms with E-state index in [0.29, 0.717) is 11.6 Å². The molecule has 2 heterocycles. The molecule has 17 heavy (non-hydrogen) atoms. The highest BCUT2D eigenvalue weighted by Crippen LogP contribution is 2.29. The third-order valence-electron chi connectivity index (χ3n) is 2.90. The van der Waals surface area contributed by atoms with Gasteiger partial charge >= 0.3 is 0 Å². The Kier molecular flexibility index (Phi) is 3.43. The summed E-state index contributed by atoms with van der Waals surface area (Å²) in [6.45, 7) is 6.27. The van der Waals surface area contributed by atoms with Gasteiger partial charge in [-0.25, -0.2) is 0 Å². The van der Waals surface area contributed by atoms with Crippen molar-refractivity contribution in [2.75, 3.05) is 0 Å². The summed E-state index contributed by atoms with van der Waals surface area (Å²) < 4.78 is 1.88. The molecule has 90 valence electrons. The summed E-state index contributed by atoms with van der Waals surface area (Å²) in [5.74, 6) is 0. The zero-order chi connectivity index (χ0) is 12.4. The monoisotopic (exact) mass is 248 g/mol. The first-order chi connectivity index (χ1) is 8.15. The maximum Gasteiger partial charge on any atom is 0.153 e. The van der Waals surface area contributed by atoms with E-state index in [2.05, 4.69) is 31.9 Å². The van der Waals surface area contributed by atoms with Crippen molar-refractivity contribution in [3.8, 4) is 10.6 Å². The molecule has 3 nitrogen and oxygen atoms in total. The number of thiophene rings is 1. The molecule has 0 N–H and O–H groups in total. The molecular formula is C13H16N2OS. The number of nitrogens with zero attached hydrogens (tertiary/aromatic N) is 2. The Hall–Kier alpha value is -1.42. The Labute approximate surface area is 105 Å². The molecule has 2 rings (SSSR count). The zero-order valence-corrected chi connectivity index (χ0v) is 11.1. The van der Waals surface area contributed by atoms with Crippen molar-refractivity contribution >= 4 is 17.6 Å². The van der Waals surface area contributed by atoms with Gasteiger partial charge in [0.25, 0.3) is 0 Å². The number of carbonyl (C=O) groups is 1. The Morgan fingerprint density at radius 2 is 2.29 bits per heavy atom. The number of aryl methyl sites for hydroxylation is 1. The number of hydrogen-bond donors (Lipinski definition) is 0. The number of carbonyl (C=O) groups excluding carboxylic acids is 1. The van der Waals surface area contributed by atoms with E-state index in [1.807, 2.05) is 16.9 Å². The lowest BCUT2D eigenvalue weighted by molar-refractivity contribution is 0.112. The van der Waals surface area contributed by atoms with Gasteiger partial charge in [-0.15, -0.1) is 11.3 Å². The maximum atomic E-state index is 11.1. The fourth-order valence-electron chi connectivity index (χ4n) is 1.66. The lowest BCUT2D eigenvalue weighted by atomic mass is 10.2. The van der Waals surface area contributed by atoms with Gasteiger partial charge in [-0.05, 0) is 32.4 Å². The predicted molar refractivity (Wildman–Crippen MR) is 70.7 cm³/mol. The molecule has 0 aliphatic rings. The van der Waals surface area contributed by atoms with Crippen LogP contribution in [0.15, 0.2) is 18.3 Å². The van der Waals surface area contributed by atoms with Crippen LogP contribution in [-0.2, 0) is 0 Å². The minimum Gasteiger partial charge on any atom is -0.298 e. The highest BCUT2D eigenvalue weighted by Gasteiger charge is 2.14. The van der Waals surface area contributed by atoms with Crippen LogP contribution in [0.2, 0.25) is 0 Å². The normalized spacial score (nSPS) is 12.6. The molecule has 0 aliphatic heterocycles. The van der Waals surface area contributed by atoms with Crippen molar-refractivity contribution in [3.63, 3.8) is 0 Å². The Morgan fingerprint density at radius 1 is 1.53 bits per heavy atom. The van der Waals surface area contributed by atoms with Crippen LogP contribution in [0.1, 0.15) is 41.5 Å². The summed E-state index contributed by atoms with van der Waals surface area (Å²) in [5.41, 5.74) is 1.48. The van der Waals surface area contributed by atoms with Crippen LogP contribution in [0.3, 0.4) is 0 Å². The summed E-state index contributed by atoms with van der Waals surface area (Å²) in [6.07, 6.45) is 3.73. The maximum absolute atomic E-state index is 11.1. The topological polar surface area (TPSA) is 34.9 Å². The standard InChI is InChI=1S/C13H16N2OS/c1-4-9(2)15-7-11(8-16)13(14-15)12-6-5-10(3)17-12/h5-9H,4H2,1-3H3. The number of aldehydes is 1. The highest BCUT2D eigenvalue weighted by atomic mass is 32.1.